The Hall–Kier alpha value is -1.66. The molecule has 0 fully saturated rings. The molecule has 0 spiro atoms. The summed E-state index contributed by atoms with van der Waals surface area (Å²) in [4.78, 5) is 4.37. The van der Waals surface area contributed by atoms with Gasteiger partial charge in [0.25, 0.3) is 0 Å². The standard InChI is InChI=1S/C13H12Cl2FN5/c1-7(13-19-17-6-20(13)2)21-11-3-8(15)9(16)4-10(11)18-12(21)5-14/h3-4,6-7H,5H2,1-2H3. The average Bonchev–Trinajstić information content (AvgIpc) is 3.02. The van der Waals surface area contributed by atoms with Gasteiger partial charge in [-0.05, 0) is 13.0 Å². The van der Waals surface area contributed by atoms with Crippen LogP contribution in [0.15, 0.2) is 18.5 Å². The van der Waals surface area contributed by atoms with Crippen LogP contribution in [0.1, 0.15) is 24.6 Å². The lowest BCUT2D eigenvalue weighted by molar-refractivity contribution is 0.571. The van der Waals surface area contributed by atoms with Crippen molar-refractivity contribution in [1.29, 1.82) is 0 Å². The van der Waals surface area contributed by atoms with E-state index in [1.54, 1.807) is 12.4 Å². The first kappa shape index (κ1) is 14.3. The molecule has 3 aromatic rings. The summed E-state index contributed by atoms with van der Waals surface area (Å²) in [6.07, 6.45) is 1.62. The highest BCUT2D eigenvalue weighted by molar-refractivity contribution is 6.31. The molecule has 0 aliphatic heterocycles. The Labute approximate surface area is 130 Å². The van der Waals surface area contributed by atoms with E-state index in [1.807, 2.05) is 23.1 Å². The zero-order chi connectivity index (χ0) is 15.1. The zero-order valence-electron chi connectivity index (χ0n) is 11.4. The summed E-state index contributed by atoms with van der Waals surface area (Å²) >= 11 is 11.9. The average molecular weight is 328 g/mol. The molecular weight excluding hydrogens is 316 g/mol. The van der Waals surface area contributed by atoms with Crippen LogP contribution in [0.25, 0.3) is 11.0 Å². The molecule has 1 aromatic carbocycles. The summed E-state index contributed by atoms with van der Waals surface area (Å²) in [5, 5.41) is 8.04. The van der Waals surface area contributed by atoms with Gasteiger partial charge in [0.15, 0.2) is 5.82 Å². The molecule has 2 aromatic heterocycles. The van der Waals surface area contributed by atoms with Crippen LogP contribution < -0.4 is 0 Å². The second-order valence-corrected chi connectivity index (χ2v) is 5.44. The summed E-state index contributed by atoms with van der Waals surface area (Å²) in [6.45, 7) is 1.96. The molecule has 0 radical (unpaired) electrons. The summed E-state index contributed by atoms with van der Waals surface area (Å²) in [6, 6.07) is 2.72. The molecule has 21 heavy (non-hydrogen) atoms. The molecule has 0 saturated heterocycles. The van der Waals surface area contributed by atoms with Crippen molar-refractivity contribution in [2.75, 3.05) is 0 Å². The molecule has 3 rings (SSSR count). The van der Waals surface area contributed by atoms with Gasteiger partial charge in [-0.2, -0.15) is 0 Å². The minimum absolute atomic E-state index is 0.0509. The van der Waals surface area contributed by atoms with Crippen molar-refractivity contribution in [3.8, 4) is 0 Å². The first-order valence-electron chi connectivity index (χ1n) is 6.28. The topological polar surface area (TPSA) is 48.5 Å². The van der Waals surface area contributed by atoms with Crippen LogP contribution in [0, 0.1) is 5.82 Å². The summed E-state index contributed by atoms with van der Waals surface area (Å²) in [5.74, 6) is 1.09. The Morgan fingerprint density at radius 2 is 2.14 bits per heavy atom. The van der Waals surface area contributed by atoms with Crippen LogP contribution in [0.2, 0.25) is 5.02 Å². The predicted octanol–water partition coefficient (Wildman–Crippen LogP) is 3.31. The third-order valence-electron chi connectivity index (χ3n) is 3.43. The van der Waals surface area contributed by atoms with E-state index in [1.165, 1.54) is 6.07 Å². The summed E-state index contributed by atoms with van der Waals surface area (Å²) in [5.41, 5.74) is 1.23. The molecule has 1 atom stereocenters. The van der Waals surface area contributed by atoms with Gasteiger partial charge in [0.2, 0.25) is 0 Å². The molecule has 0 aliphatic rings. The lowest BCUT2D eigenvalue weighted by atomic mass is 10.2. The van der Waals surface area contributed by atoms with Gasteiger partial charge in [-0.15, -0.1) is 21.8 Å². The number of halogens is 3. The number of alkyl halides is 1. The van der Waals surface area contributed by atoms with Gasteiger partial charge in [-0.1, -0.05) is 11.6 Å². The Kier molecular flexibility index (Phi) is 3.59. The number of fused-ring (bicyclic) bond motifs is 1. The van der Waals surface area contributed by atoms with Crippen LogP contribution in [0.5, 0.6) is 0 Å². The molecule has 0 aliphatic carbocycles. The van der Waals surface area contributed by atoms with Gasteiger partial charge in [0, 0.05) is 13.1 Å². The van der Waals surface area contributed by atoms with Crippen molar-refractivity contribution >= 4 is 34.2 Å². The number of nitrogens with zero attached hydrogens (tertiary/aromatic N) is 5. The van der Waals surface area contributed by atoms with E-state index in [0.717, 1.165) is 5.82 Å². The van der Waals surface area contributed by atoms with Crippen molar-refractivity contribution in [2.24, 2.45) is 7.05 Å². The first-order valence-corrected chi connectivity index (χ1v) is 7.20. The van der Waals surface area contributed by atoms with Crippen LogP contribution in [0.4, 0.5) is 4.39 Å². The van der Waals surface area contributed by atoms with Gasteiger partial charge in [0.05, 0.1) is 28.0 Å². The number of hydrogen-bond donors (Lipinski definition) is 0. The van der Waals surface area contributed by atoms with E-state index >= 15 is 0 Å². The fourth-order valence-corrected chi connectivity index (χ4v) is 2.80. The quantitative estimate of drug-likeness (QED) is 0.693. The van der Waals surface area contributed by atoms with Gasteiger partial charge >= 0.3 is 0 Å². The summed E-state index contributed by atoms with van der Waals surface area (Å²) < 4.78 is 17.3. The third kappa shape index (κ3) is 2.28. The number of aromatic nitrogens is 5. The van der Waals surface area contributed by atoms with E-state index in [0.29, 0.717) is 16.9 Å². The second-order valence-electron chi connectivity index (χ2n) is 4.76. The number of rotatable bonds is 3. The monoisotopic (exact) mass is 327 g/mol. The maximum absolute atomic E-state index is 13.6. The van der Waals surface area contributed by atoms with Crippen molar-refractivity contribution in [3.63, 3.8) is 0 Å². The fraction of sp³-hybridized carbons (Fsp3) is 0.308. The van der Waals surface area contributed by atoms with Crippen LogP contribution in [-0.4, -0.2) is 24.3 Å². The predicted molar refractivity (Wildman–Crippen MR) is 79.1 cm³/mol. The molecule has 110 valence electrons. The van der Waals surface area contributed by atoms with Crippen molar-refractivity contribution < 1.29 is 4.39 Å². The molecule has 0 N–H and O–H groups in total. The molecule has 1 unspecified atom stereocenters. The van der Waals surface area contributed by atoms with Gasteiger partial charge in [0.1, 0.15) is 18.0 Å². The van der Waals surface area contributed by atoms with Gasteiger partial charge in [-0.3, -0.25) is 0 Å². The molecule has 0 bridgehead atoms. The van der Waals surface area contributed by atoms with Crippen molar-refractivity contribution in [3.05, 3.63) is 40.9 Å². The molecule has 2 heterocycles. The highest BCUT2D eigenvalue weighted by atomic mass is 35.5. The second kappa shape index (κ2) is 5.27. The smallest absolute Gasteiger partial charge is 0.155 e. The normalized spacial score (nSPS) is 13.0. The molecular formula is C13H12Cl2FN5. The SMILES string of the molecule is CC(c1nncn1C)n1c(CCl)nc2cc(F)c(Cl)cc21. The lowest BCUT2D eigenvalue weighted by Gasteiger charge is -2.16. The third-order valence-corrected chi connectivity index (χ3v) is 3.96. The maximum atomic E-state index is 13.6. The minimum Gasteiger partial charge on any atom is -0.319 e. The first-order chi connectivity index (χ1) is 10.0. The largest absolute Gasteiger partial charge is 0.319 e. The van der Waals surface area contributed by atoms with Crippen LogP contribution >= 0.6 is 23.2 Å². The molecule has 5 nitrogen and oxygen atoms in total. The maximum Gasteiger partial charge on any atom is 0.155 e. The number of benzene rings is 1. The Morgan fingerprint density at radius 1 is 1.38 bits per heavy atom. The summed E-state index contributed by atoms with van der Waals surface area (Å²) in [7, 11) is 1.86. The van der Waals surface area contributed by atoms with Crippen molar-refractivity contribution in [2.45, 2.75) is 18.8 Å². The van der Waals surface area contributed by atoms with E-state index in [9.17, 15) is 4.39 Å². The number of aryl methyl sites for hydroxylation is 1. The molecule has 0 amide bonds. The number of imidazole rings is 1. The van der Waals surface area contributed by atoms with Gasteiger partial charge in [-0.25, -0.2) is 9.37 Å². The highest BCUT2D eigenvalue weighted by Gasteiger charge is 2.21. The molecule has 8 heteroatoms. The highest BCUT2D eigenvalue weighted by Crippen LogP contribution is 2.29. The van der Waals surface area contributed by atoms with Crippen LogP contribution in [-0.2, 0) is 12.9 Å². The van der Waals surface area contributed by atoms with E-state index in [-0.39, 0.29) is 16.9 Å². The lowest BCUT2D eigenvalue weighted by Crippen LogP contribution is -2.14. The zero-order valence-corrected chi connectivity index (χ0v) is 12.9. The number of hydrogen-bond acceptors (Lipinski definition) is 3. The Morgan fingerprint density at radius 3 is 2.76 bits per heavy atom. The van der Waals surface area contributed by atoms with Crippen LogP contribution in [0.3, 0.4) is 0 Å². The van der Waals surface area contributed by atoms with Crippen molar-refractivity contribution in [1.82, 2.24) is 24.3 Å². The Bertz CT molecular complexity index is 810. The molecule has 0 saturated carbocycles. The van der Waals surface area contributed by atoms with E-state index in [4.69, 9.17) is 23.2 Å². The fourth-order valence-electron chi connectivity index (χ4n) is 2.45. The van der Waals surface area contributed by atoms with Gasteiger partial charge < -0.3 is 9.13 Å². The van der Waals surface area contributed by atoms with E-state index in [2.05, 4.69) is 15.2 Å². The minimum atomic E-state index is -0.499. The van der Waals surface area contributed by atoms with E-state index < -0.39 is 5.82 Å². The Balaban J connectivity index is 2.25.